The van der Waals surface area contributed by atoms with Gasteiger partial charge in [-0.3, -0.25) is 5.10 Å². The first kappa shape index (κ1) is 13.8. The van der Waals surface area contributed by atoms with Gasteiger partial charge in [0.2, 0.25) is 10.0 Å². The Morgan fingerprint density at radius 1 is 1.47 bits per heavy atom. The lowest BCUT2D eigenvalue weighted by atomic mass is 10.4. The van der Waals surface area contributed by atoms with Crippen LogP contribution >= 0.6 is 0 Å². The van der Waals surface area contributed by atoms with E-state index < -0.39 is 10.0 Å². The Hall–Kier alpha value is -1.64. The molecule has 2 aromatic rings. The molecule has 0 unspecified atom stereocenters. The Morgan fingerprint density at radius 2 is 2.37 bits per heavy atom. The number of aromatic amines is 1. The van der Waals surface area contributed by atoms with Gasteiger partial charge in [-0.15, -0.1) is 0 Å². The van der Waals surface area contributed by atoms with E-state index >= 15 is 0 Å². The molecule has 2 aromatic heterocycles. The highest BCUT2D eigenvalue weighted by molar-refractivity contribution is 7.89. The Morgan fingerprint density at radius 3 is 3.05 bits per heavy atom. The molecular formula is C11H15N3O4S. The predicted molar refractivity (Wildman–Crippen MR) is 66.8 cm³/mol. The Labute approximate surface area is 111 Å². The summed E-state index contributed by atoms with van der Waals surface area (Å²) in [7, 11) is -3.47. The summed E-state index contributed by atoms with van der Waals surface area (Å²) in [6, 6.07) is 3.61. The van der Waals surface area contributed by atoms with Crippen molar-refractivity contribution in [1.82, 2.24) is 14.9 Å². The molecule has 0 bridgehead atoms. The van der Waals surface area contributed by atoms with Crippen molar-refractivity contribution in [2.24, 2.45) is 0 Å². The van der Waals surface area contributed by atoms with Crippen molar-refractivity contribution in [2.75, 3.05) is 13.2 Å². The zero-order valence-electron chi connectivity index (χ0n) is 10.2. The molecule has 0 aliphatic heterocycles. The maximum Gasteiger partial charge on any atom is 0.243 e. The van der Waals surface area contributed by atoms with Gasteiger partial charge in [-0.2, -0.15) is 5.10 Å². The summed E-state index contributed by atoms with van der Waals surface area (Å²) in [5, 5.41) is 6.05. The quantitative estimate of drug-likeness (QED) is 0.702. The molecule has 19 heavy (non-hydrogen) atoms. The van der Waals surface area contributed by atoms with Crippen LogP contribution in [0.25, 0.3) is 0 Å². The summed E-state index contributed by atoms with van der Waals surface area (Å²) in [6.07, 6.45) is 4.75. The number of rotatable bonds is 8. The first-order valence-electron chi connectivity index (χ1n) is 5.77. The molecule has 2 N–H and O–H groups in total. The first-order chi connectivity index (χ1) is 9.18. The summed E-state index contributed by atoms with van der Waals surface area (Å²) in [6.45, 7) is 1.15. The van der Waals surface area contributed by atoms with Crippen LogP contribution in [-0.4, -0.2) is 31.8 Å². The van der Waals surface area contributed by atoms with Gasteiger partial charge in [0.15, 0.2) is 0 Å². The lowest BCUT2D eigenvalue weighted by Crippen LogP contribution is -2.25. The van der Waals surface area contributed by atoms with Crippen LogP contribution in [0.15, 0.2) is 40.1 Å². The van der Waals surface area contributed by atoms with E-state index in [4.69, 9.17) is 9.15 Å². The number of furan rings is 1. The zero-order chi connectivity index (χ0) is 13.6. The van der Waals surface area contributed by atoms with Crippen LogP contribution in [-0.2, 0) is 21.4 Å². The molecule has 2 heterocycles. The second kappa shape index (κ2) is 6.50. The number of aromatic nitrogens is 2. The molecule has 7 nitrogen and oxygen atoms in total. The van der Waals surface area contributed by atoms with E-state index in [1.807, 2.05) is 6.07 Å². The number of hydrogen-bond acceptors (Lipinski definition) is 5. The fourth-order valence-corrected chi connectivity index (χ4v) is 2.40. The Balaban J connectivity index is 1.62. The minimum absolute atomic E-state index is 0.129. The van der Waals surface area contributed by atoms with Gasteiger partial charge in [0, 0.05) is 19.3 Å². The number of ether oxygens (including phenoxy) is 1. The number of nitrogens with zero attached hydrogens (tertiary/aromatic N) is 1. The van der Waals surface area contributed by atoms with Crippen LogP contribution in [0.1, 0.15) is 12.2 Å². The molecule has 0 spiro atoms. The van der Waals surface area contributed by atoms with Gasteiger partial charge in [0.25, 0.3) is 0 Å². The van der Waals surface area contributed by atoms with Crippen LogP contribution in [0.2, 0.25) is 0 Å². The van der Waals surface area contributed by atoms with E-state index in [2.05, 4.69) is 14.9 Å². The zero-order valence-corrected chi connectivity index (χ0v) is 11.0. The minimum atomic E-state index is -3.47. The molecule has 0 aromatic carbocycles. The number of H-pyrrole nitrogens is 1. The third-order valence-electron chi connectivity index (χ3n) is 2.37. The maximum absolute atomic E-state index is 11.7. The molecule has 0 amide bonds. The van der Waals surface area contributed by atoms with Gasteiger partial charge in [-0.05, 0) is 18.6 Å². The minimum Gasteiger partial charge on any atom is -0.467 e. The van der Waals surface area contributed by atoms with Crippen LogP contribution in [0.5, 0.6) is 0 Å². The summed E-state index contributed by atoms with van der Waals surface area (Å²) in [5.41, 5.74) is 0. The molecular weight excluding hydrogens is 270 g/mol. The third kappa shape index (κ3) is 4.19. The van der Waals surface area contributed by atoms with Crippen molar-refractivity contribution in [3.05, 3.63) is 36.5 Å². The van der Waals surface area contributed by atoms with E-state index in [1.165, 1.54) is 12.4 Å². The van der Waals surface area contributed by atoms with Gasteiger partial charge in [-0.1, -0.05) is 0 Å². The topological polar surface area (TPSA) is 97.2 Å². The highest BCUT2D eigenvalue weighted by Crippen LogP contribution is 2.04. The average Bonchev–Trinajstić information content (AvgIpc) is 3.05. The van der Waals surface area contributed by atoms with Crippen LogP contribution in [0, 0.1) is 0 Å². The molecule has 0 aliphatic rings. The molecule has 0 saturated heterocycles. The molecule has 0 radical (unpaired) electrons. The van der Waals surface area contributed by atoms with Crippen LogP contribution in [0.4, 0.5) is 0 Å². The predicted octanol–water partition coefficient (Wildman–Crippen LogP) is 0.888. The van der Waals surface area contributed by atoms with Gasteiger partial charge >= 0.3 is 0 Å². The molecule has 0 atom stereocenters. The van der Waals surface area contributed by atoms with Crippen molar-refractivity contribution in [1.29, 1.82) is 0 Å². The highest BCUT2D eigenvalue weighted by atomic mass is 32.2. The standard InChI is InChI=1S/C11H15N3O4S/c15-19(16,11-7-12-13-8-11)14-4-2-5-17-9-10-3-1-6-18-10/h1,3,6-8,14H,2,4-5,9H2,(H,12,13). The average molecular weight is 285 g/mol. The molecule has 0 fully saturated rings. The maximum atomic E-state index is 11.7. The van der Waals surface area contributed by atoms with Crippen molar-refractivity contribution >= 4 is 10.0 Å². The largest absolute Gasteiger partial charge is 0.467 e. The molecule has 104 valence electrons. The van der Waals surface area contributed by atoms with Crippen molar-refractivity contribution in [3.8, 4) is 0 Å². The van der Waals surface area contributed by atoms with Crippen molar-refractivity contribution < 1.29 is 17.6 Å². The monoisotopic (exact) mass is 285 g/mol. The third-order valence-corrected chi connectivity index (χ3v) is 3.79. The Bertz CT molecular complexity index is 563. The lowest BCUT2D eigenvalue weighted by Gasteiger charge is -2.05. The summed E-state index contributed by atoms with van der Waals surface area (Å²) in [5.74, 6) is 0.749. The van der Waals surface area contributed by atoms with Crippen molar-refractivity contribution in [3.63, 3.8) is 0 Å². The molecule has 2 rings (SSSR count). The lowest BCUT2D eigenvalue weighted by molar-refractivity contribution is 0.105. The van der Waals surface area contributed by atoms with E-state index in [-0.39, 0.29) is 4.90 Å². The normalized spacial score (nSPS) is 11.8. The summed E-state index contributed by atoms with van der Waals surface area (Å²) < 4.78 is 36.3. The molecule has 0 saturated carbocycles. The number of hydrogen-bond donors (Lipinski definition) is 2. The second-order valence-corrected chi connectivity index (χ2v) is 5.58. The van der Waals surface area contributed by atoms with Gasteiger partial charge in [0.1, 0.15) is 17.3 Å². The van der Waals surface area contributed by atoms with Crippen molar-refractivity contribution in [2.45, 2.75) is 17.9 Å². The fourth-order valence-electron chi connectivity index (χ4n) is 1.42. The molecule has 8 heteroatoms. The summed E-state index contributed by atoms with van der Waals surface area (Å²) >= 11 is 0. The van der Waals surface area contributed by atoms with Crippen LogP contribution < -0.4 is 4.72 Å². The Kier molecular flexibility index (Phi) is 4.72. The van der Waals surface area contributed by atoms with Gasteiger partial charge in [-0.25, -0.2) is 13.1 Å². The number of sulfonamides is 1. The van der Waals surface area contributed by atoms with E-state index in [9.17, 15) is 8.42 Å². The highest BCUT2D eigenvalue weighted by Gasteiger charge is 2.13. The first-order valence-corrected chi connectivity index (χ1v) is 7.25. The van der Waals surface area contributed by atoms with Gasteiger partial charge < -0.3 is 9.15 Å². The molecule has 0 aliphatic carbocycles. The van der Waals surface area contributed by atoms with Gasteiger partial charge in [0.05, 0.1) is 12.5 Å². The SMILES string of the molecule is O=S(=O)(NCCCOCc1ccco1)c1cn[nH]c1. The van der Waals surface area contributed by atoms with E-state index in [1.54, 1.807) is 12.3 Å². The second-order valence-electron chi connectivity index (χ2n) is 3.82. The van der Waals surface area contributed by atoms with E-state index in [0.29, 0.717) is 26.2 Å². The van der Waals surface area contributed by atoms with E-state index in [0.717, 1.165) is 5.76 Å². The van der Waals surface area contributed by atoms with Crippen LogP contribution in [0.3, 0.4) is 0 Å². The summed E-state index contributed by atoms with van der Waals surface area (Å²) in [4.78, 5) is 0.129. The smallest absolute Gasteiger partial charge is 0.243 e. The fraction of sp³-hybridized carbons (Fsp3) is 0.364. The number of nitrogens with one attached hydrogen (secondary N) is 2.